The molecule has 3 unspecified atom stereocenters. The fourth-order valence-corrected chi connectivity index (χ4v) is 14.1. The van der Waals surface area contributed by atoms with Gasteiger partial charge in [0, 0.05) is 25.7 Å². The SMILES string of the molecule is CCCCCCCCCCCCCCCCCCCCCCCCC(=O)O[C@H](COC(=O)CCCCCCCCCCCCCCCC(C)C)COP(=O)(O)OC[C@@H](O)COP(=O)(O)OC[C@@H](COC(=O)CCCCCCCCC(C)CC)OC(=O)CCCCCCCCCCCCCC. The minimum absolute atomic E-state index is 0.107. The molecule has 594 valence electrons. The Balaban J connectivity index is 5.20. The summed E-state index contributed by atoms with van der Waals surface area (Å²) in [4.78, 5) is 73.0. The van der Waals surface area contributed by atoms with Gasteiger partial charge in [-0.25, -0.2) is 9.13 Å². The first-order valence-electron chi connectivity index (χ1n) is 42.0. The summed E-state index contributed by atoms with van der Waals surface area (Å²) in [6.45, 7) is 9.60. The summed E-state index contributed by atoms with van der Waals surface area (Å²) in [5, 5.41) is 10.6. The summed E-state index contributed by atoms with van der Waals surface area (Å²) in [5.74, 6) is -0.588. The third kappa shape index (κ3) is 73.0. The number of aliphatic hydroxyl groups is 1. The first kappa shape index (κ1) is 98.1. The van der Waals surface area contributed by atoms with Crippen LogP contribution in [-0.2, 0) is 65.4 Å². The number of unbranched alkanes of at least 4 members (excludes halogenated alkanes) is 49. The third-order valence-electron chi connectivity index (χ3n) is 19.3. The Kier molecular flexibility index (Phi) is 71.2. The van der Waals surface area contributed by atoms with Crippen molar-refractivity contribution in [2.45, 2.75) is 445 Å². The molecule has 6 atom stereocenters. The Bertz CT molecular complexity index is 1930. The van der Waals surface area contributed by atoms with Gasteiger partial charge in [0.2, 0.25) is 0 Å². The molecule has 3 N–H and O–H groups in total. The first-order chi connectivity index (χ1) is 48.4. The standard InChI is InChI=1S/C81H158O17P2/c1-7-10-12-14-16-18-20-22-23-24-25-26-27-28-29-30-33-38-42-46-54-60-66-81(86)97-76(69-91-78(83)63-57-51-44-40-37-34-31-32-35-39-43-49-55-61-73(4)5)71-95-99(87,88)93-67-75(82)68-94-100(89,90)96-72-77(70-92-79(84)64-58-52-48-47-50-56-62-74(6)9-3)98-80(85)65-59-53-45-41-36-21-19-17-15-13-11-8-2/h73-77,82H,7-72H2,1-6H3,(H,87,88)(H,89,90)/t74?,75-,76-,77-/m1/s1. The summed E-state index contributed by atoms with van der Waals surface area (Å²) >= 11 is 0. The predicted octanol–water partition coefficient (Wildman–Crippen LogP) is 24.3. The number of esters is 4. The van der Waals surface area contributed by atoms with E-state index in [-0.39, 0.29) is 25.7 Å². The molecule has 0 spiro atoms. The number of phosphoric acid groups is 2. The Morgan fingerprint density at radius 1 is 0.290 bits per heavy atom. The summed E-state index contributed by atoms with van der Waals surface area (Å²) in [7, 11) is -9.92. The Morgan fingerprint density at radius 3 is 0.760 bits per heavy atom. The Morgan fingerprint density at radius 2 is 0.510 bits per heavy atom. The molecule has 0 heterocycles. The maximum absolute atomic E-state index is 13.1. The molecule has 0 aliphatic carbocycles. The van der Waals surface area contributed by atoms with Crippen LogP contribution in [0.4, 0.5) is 0 Å². The van der Waals surface area contributed by atoms with E-state index >= 15 is 0 Å². The van der Waals surface area contributed by atoms with Gasteiger partial charge < -0.3 is 33.8 Å². The van der Waals surface area contributed by atoms with Gasteiger partial charge in [-0.1, -0.05) is 375 Å². The molecule has 0 rings (SSSR count). The van der Waals surface area contributed by atoms with Gasteiger partial charge in [0.15, 0.2) is 12.2 Å². The number of ether oxygens (including phenoxy) is 4. The van der Waals surface area contributed by atoms with Crippen LogP contribution >= 0.6 is 15.6 Å². The number of carbonyl (C=O) groups is 4. The maximum atomic E-state index is 13.1. The lowest BCUT2D eigenvalue weighted by atomic mass is 10.00. The zero-order valence-corrected chi connectivity index (χ0v) is 67.3. The summed E-state index contributed by atoms with van der Waals surface area (Å²) in [6.07, 6.45) is 62.6. The van der Waals surface area contributed by atoms with E-state index in [0.29, 0.717) is 25.7 Å². The van der Waals surface area contributed by atoms with E-state index in [0.717, 1.165) is 108 Å². The highest BCUT2D eigenvalue weighted by molar-refractivity contribution is 7.47. The van der Waals surface area contributed by atoms with Crippen LogP contribution in [0.5, 0.6) is 0 Å². The van der Waals surface area contributed by atoms with E-state index in [1.807, 2.05) is 0 Å². The number of phosphoric ester groups is 2. The van der Waals surface area contributed by atoms with Gasteiger partial charge in [0.1, 0.15) is 19.3 Å². The van der Waals surface area contributed by atoms with Crippen LogP contribution < -0.4 is 0 Å². The zero-order chi connectivity index (χ0) is 73.5. The maximum Gasteiger partial charge on any atom is 0.472 e. The highest BCUT2D eigenvalue weighted by Crippen LogP contribution is 2.45. The highest BCUT2D eigenvalue weighted by Gasteiger charge is 2.30. The van der Waals surface area contributed by atoms with Crippen LogP contribution in [-0.4, -0.2) is 96.7 Å². The van der Waals surface area contributed by atoms with E-state index in [9.17, 15) is 43.2 Å². The quantitative estimate of drug-likeness (QED) is 0.0222. The van der Waals surface area contributed by atoms with Crippen LogP contribution in [0.15, 0.2) is 0 Å². The summed E-state index contributed by atoms with van der Waals surface area (Å²) < 4.78 is 68.7. The monoisotopic (exact) mass is 1470 g/mol. The van der Waals surface area contributed by atoms with Crippen molar-refractivity contribution in [1.29, 1.82) is 0 Å². The topological polar surface area (TPSA) is 237 Å². The van der Waals surface area contributed by atoms with Gasteiger partial charge >= 0.3 is 39.5 Å². The molecular weight excluding hydrogens is 1310 g/mol. The van der Waals surface area contributed by atoms with Crippen molar-refractivity contribution in [3.63, 3.8) is 0 Å². The molecule has 0 aromatic heterocycles. The normalized spacial score (nSPS) is 14.2. The number of rotatable bonds is 80. The van der Waals surface area contributed by atoms with E-state index in [2.05, 4.69) is 41.5 Å². The summed E-state index contributed by atoms with van der Waals surface area (Å²) in [5.41, 5.74) is 0. The number of aliphatic hydroxyl groups excluding tert-OH is 1. The molecule has 100 heavy (non-hydrogen) atoms. The number of carbonyl (C=O) groups excluding carboxylic acids is 4. The van der Waals surface area contributed by atoms with Gasteiger partial charge in [-0.2, -0.15) is 0 Å². The predicted molar refractivity (Wildman–Crippen MR) is 409 cm³/mol. The molecule has 0 aromatic rings. The van der Waals surface area contributed by atoms with Crippen molar-refractivity contribution in [3.05, 3.63) is 0 Å². The minimum Gasteiger partial charge on any atom is -0.462 e. The molecule has 0 aromatic carbocycles. The second kappa shape index (κ2) is 72.6. The van der Waals surface area contributed by atoms with Crippen molar-refractivity contribution in [3.8, 4) is 0 Å². The molecule has 17 nitrogen and oxygen atoms in total. The third-order valence-corrected chi connectivity index (χ3v) is 21.2. The molecule has 19 heteroatoms. The highest BCUT2D eigenvalue weighted by atomic mass is 31.2. The average Bonchev–Trinajstić information content (AvgIpc) is 0.916. The van der Waals surface area contributed by atoms with Crippen molar-refractivity contribution in [2.24, 2.45) is 11.8 Å². The van der Waals surface area contributed by atoms with Crippen LogP contribution in [0, 0.1) is 11.8 Å². The largest absolute Gasteiger partial charge is 0.472 e. The fraction of sp³-hybridized carbons (Fsp3) is 0.951. The van der Waals surface area contributed by atoms with Gasteiger partial charge in [0.05, 0.1) is 26.4 Å². The van der Waals surface area contributed by atoms with Crippen LogP contribution in [0.3, 0.4) is 0 Å². The van der Waals surface area contributed by atoms with E-state index in [1.165, 1.54) is 238 Å². The lowest BCUT2D eigenvalue weighted by molar-refractivity contribution is -0.161. The Hall–Kier alpha value is -1.94. The second-order valence-electron chi connectivity index (χ2n) is 29.9. The summed E-state index contributed by atoms with van der Waals surface area (Å²) in [6, 6.07) is 0. The lowest BCUT2D eigenvalue weighted by Crippen LogP contribution is -2.30. The van der Waals surface area contributed by atoms with Crippen molar-refractivity contribution in [1.82, 2.24) is 0 Å². The molecule has 0 fully saturated rings. The first-order valence-corrected chi connectivity index (χ1v) is 45.0. The molecule has 0 aliphatic heterocycles. The molecule has 0 amide bonds. The minimum atomic E-state index is -4.96. The average molecular weight is 1470 g/mol. The van der Waals surface area contributed by atoms with Crippen molar-refractivity contribution >= 4 is 39.5 Å². The number of hydrogen-bond acceptors (Lipinski definition) is 15. The molecule has 0 bridgehead atoms. The van der Waals surface area contributed by atoms with Crippen LogP contribution in [0.2, 0.25) is 0 Å². The van der Waals surface area contributed by atoms with Crippen molar-refractivity contribution in [2.75, 3.05) is 39.6 Å². The lowest BCUT2D eigenvalue weighted by Gasteiger charge is -2.21. The molecule has 0 aliphatic rings. The molecular formula is C81H158O17P2. The molecule has 0 radical (unpaired) electrons. The van der Waals surface area contributed by atoms with Gasteiger partial charge in [0.25, 0.3) is 0 Å². The van der Waals surface area contributed by atoms with Crippen LogP contribution in [0.25, 0.3) is 0 Å². The fourth-order valence-electron chi connectivity index (χ4n) is 12.5. The molecule has 0 saturated heterocycles. The Labute approximate surface area is 613 Å². The van der Waals surface area contributed by atoms with Gasteiger partial charge in [-0.3, -0.25) is 37.3 Å². The second-order valence-corrected chi connectivity index (χ2v) is 32.8. The number of hydrogen-bond donors (Lipinski definition) is 3. The molecule has 0 saturated carbocycles. The van der Waals surface area contributed by atoms with Gasteiger partial charge in [-0.05, 0) is 37.5 Å². The van der Waals surface area contributed by atoms with Crippen LogP contribution in [0.1, 0.15) is 427 Å². The van der Waals surface area contributed by atoms with E-state index < -0.39 is 97.5 Å². The van der Waals surface area contributed by atoms with Crippen molar-refractivity contribution < 1.29 is 80.2 Å². The smallest absolute Gasteiger partial charge is 0.462 e. The van der Waals surface area contributed by atoms with Gasteiger partial charge in [-0.15, -0.1) is 0 Å². The van der Waals surface area contributed by atoms with E-state index in [1.54, 1.807) is 0 Å². The van der Waals surface area contributed by atoms with E-state index in [4.69, 9.17) is 37.0 Å². The zero-order valence-electron chi connectivity index (χ0n) is 65.5.